The summed E-state index contributed by atoms with van der Waals surface area (Å²) in [6.45, 7) is 3.56. The molecule has 120 valence electrons. The fourth-order valence-corrected chi connectivity index (χ4v) is 3.76. The van der Waals surface area contributed by atoms with E-state index in [0.29, 0.717) is 16.8 Å². The second kappa shape index (κ2) is 5.27. The van der Waals surface area contributed by atoms with Gasteiger partial charge < -0.3 is 4.42 Å². The van der Waals surface area contributed by atoms with Gasteiger partial charge in [-0.1, -0.05) is 12.1 Å². The molecule has 0 aliphatic heterocycles. The summed E-state index contributed by atoms with van der Waals surface area (Å²) < 4.78 is 34.2. The van der Waals surface area contributed by atoms with E-state index in [1.807, 2.05) is 13.0 Å². The van der Waals surface area contributed by atoms with E-state index in [1.54, 1.807) is 38.2 Å². The standard InChI is InChI=1S/C16H16N2O4S/c1-10-5-4-6-12(7-10)17-23(20,21)15-9-14-13(8-11(15)2)18(3)16(19)22-14/h4-9,17H,1-3H3. The third-order valence-electron chi connectivity index (χ3n) is 3.65. The average Bonchev–Trinajstić information content (AvgIpc) is 2.73. The predicted molar refractivity (Wildman–Crippen MR) is 88.2 cm³/mol. The molecule has 0 bridgehead atoms. The van der Waals surface area contributed by atoms with Gasteiger partial charge >= 0.3 is 5.76 Å². The lowest BCUT2D eigenvalue weighted by molar-refractivity contribution is 0.527. The zero-order valence-corrected chi connectivity index (χ0v) is 13.8. The molecular formula is C16H16N2O4S. The number of aryl methyl sites for hydroxylation is 3. The fraction of sp³-hybridized carbons (Fsp3) is 0.188. The van der Waals surface area contributed by atoms with Crippen LogP contribution in [0, 0.1) is 13.8 Å². The third-order valence-corrected chi connectivity index (χ3v) is 5.17. The minimum atomic E-state index is -3.78. The molecule has 0 spiro atoms. The molecule has 0 unspecified atom stereocenters. The van der Waals surface area contributed by atoms with Crippen molar-refractivity contribution in [1.29, 1.82) is 0 Å². The van der Waals surface area contributed by atoms with E-state index in [-0.39, 0.29) is 10.5 Å². The van der Waals surface area contributed by atoms with Crippen LogP contribution in [0.4, 0.5) is 5.69 Å². The van der Waals surface area contributed by atoms with Crippen LogP contribution in [0.5, 0.6) is 0 Å². The Morgan fingerprint density at radius 2 is 1.87 bits per heavy atom. The summed E-state index contributed by atoms with van der Waals surface area (Å²) in [5.41, 5.74) is 2.77. The molecule has 0 aliphatic rings. The van der Waals surface area contributed by atoms with Crippen molar-refractivity contribution in [3.63, 3.8) is 0 Å². The van der Waals surface area contributed by atoms with E-state index in [0.717, 1.165) is 5.56 Å². The minimum absolute atomic E-state index is 0.0841. The number of nitrogens with zero attached hydrogens (tertiary/aromatic N) is 1. The van der Waals surface area contributed by atoms with Crippen molar-refractivity contribution >= 4 is 26.8 Å². The lowest BCUT2D eigenvalue weighted by atomic mass is 10.2. The van der Waals surface area contributed by atoms with Crippen molar-refractivity contribution in [3.05, 3.63) is 58.1 Å². The number of aromatic nitrogens is 1. The van der Waals surface area contributed by atoms with Gasteiger partial charge in [0.15, 0.2) is 5.58 Å². The van der Waals surface area contributed by atoms with E-state index < -0.39 is 15.8 Å². The Morgan fingerprint density at radius 3 is 2.57 bits per heavy atom. The highest BCUT2D eigenvalue weighted by Crippen LogP contribution is 2.24. The molecule has 0 aliphatic carbocycles. The first-order valence-electron chi connectivity index (χ1n) is 6.97. The fourth-order valence-electron chi connectivity index (χ4n) is 2.47. The van der Waals surface area contributed by atoms with Crippen LogP contribution in [0.2, 0.25) is 0 Å². The monoisotopic (exact) mass is 332 g/mol. The Bertz CT molecular complexity index is 1060. The third kappa shape index (κ3) is 2.75. The summed E-state index contributed by atoms with van der Waals surface area (Å²) >= 11 is 0. The zero-order valence-electron chi connectivity index (χ0n) is 13.0. The summed E-state index contributed by atoms with van der Waals surface area (Å²) in [5.74, 6) is -0.527. The van der Waals surface area contributed by atoms with Gasteiger partial charge in [-0.15, -0.1) is 0 Å². The summed E-state index contributed by atoms with van der Waals surface area (Å²) in [4.78, 5) is 11.7. The quantitative estimate of drug-likeness (QED) is 0.799. The van der Waals surface area contributed by atoms with E-state index in [9.17, 15) is 13.2 Å². The van der Waals surface area contributed by atoms with Crippen LogP contribution in [-0.4, -0.2) is 13.0 Å². The molecule has 2 aromatic carbocycles. The number of oxazole rings is 1. The maximum Gasteiger partial charge on any atom is 0.419 e. The molecule has 7 heteroatoms. The van der Waals surface area contributed by atoms with Crippen LogP contribution in [0.3, 0.4) is 0 Å². The summed E-state index contributed by atoms with van der Waals surface area (Å²) in [6, 6.07) is 10.1. The Balaban J connectivity index is 2.11. The van der Waals surface area contributed by atoms with Crippen molar-refractivity contribution < 1.29 is 12.8 Å². The molecule has 0 saturated carbocycles. The number of fused-ring (bicyclic) bond motifs is 1. The number of sulfonamides is 1. The first-order valence-corrected chi connectivity index (χ1v) is 8.46. The summed E-state index contributed by atoms with van der Waals surface area (Å²) in [7, 11) is -2.20. The van der Waals surface area contributed by atoms with Gasteiger partial charge in [-0.05, 0) is 43.2 Å². The van der Waals surface area contributed by atoms with E-state index in [4.69, 9.17) is 4.42 Å². The van der Waals surface area contributed by atoms with Gasteiger partial charge in [0, 0.05) is 18.8 Å². The average molecular weight is 332 g/mol. The SMILES string of the molecule is Cc1cccc(NS(=O)(=O)c2cc3oc(=O)n(C)c3cc2C)c1. The van der Waals surface area contributed by atoms with Crippen LogP contribution in [0.1, 0.15) is 11.1 Å². The van der Waals surface area contributed by atoms with Crippen molar-refractivity contribution in [2.24, 2.45) is 7.05 Å². The molecule has 0 atom stereocenters. The van der Waals surface area contributed by atoms with Crippen molar-refractivity contribution in [3.8, 4) is 0 Å². The van der Waals surface area contributed by atoms with Crippen LogP contribution in [0.15, 0.2) is 50.5 Å². The topological polar surface area (TPSA) is 81.3 Å². The van der Waals surface area contributed by atoms with Gasteiger partial charge in [-0.2, -0.15) is 0 Å². The molecule has 0 fully saturated rings. The first kappa shape index (κ1) is 15.4. The largest absolute Gasteiger partial charge is 0.419 e. The van der Waals surface area contributed by atoms with Crippen LogP contribution in [-0.2, 0) is 17.1 Å². The van der Waals surface area contributed by atoms with Gasteiger partial charge in [0.05, 0.1) is 10.4 Å². The van der Waals surface area contributed by atoms with Gasteiger partial charge in [0.1, 0.15) is 0 Å². The number of rotatable bonds is 3. The van der Waals surface area contributed by atoms with Crippen LogP contribution in [0.25, 0.3) is 11.1 Å². The molecular weight excluding hydrogens is 316 g/mol. The summed E-state index contributed by atoms with van der Waals surface area (Å²) in [5, 5.41) is 0. The van der Waals surface area contributed by atoms with Crippen molar-refractivity contribution in [2.75, 3.05) is 4.72 Å². The molecule has 0 amide bonds. The lowest BCUT2D eigenvalue weighted by Gasteiger charge is -2.11. The van der Waals surface area contributed by atoms with Gasteiger partial charge in [-0.25, -0.2) is 13.2 Å². The molecule has 0 radical (unpaired) electrons. The molecule has 3 rings (SSSR count). The maximum absolute atomic E-state index is 12.6. The summed E-state index contributed by atoms with van der Waals surface area (Å²) in [6.07, 6.45) is 0. The molecule has 1 N–H and O–H groups in total. The minimum Gasteiger partial charge on any atom is -0.408 e. The number of benzene rings is 2. The number of nitrogens with one attached hydrogen (secondary N) is 1. The number of anilines is 1. The maximum atomic E-state index is 12.6. The highest BCUT2D eigenvalue weighted by atomic mass is 32.2. The van der Waals surface area contributed by atoms with Crippen LogP contribution < -0.4 is 10.5 Å². The molecule has 3 aromatic rings. The Morgan fingerprint density at radius 1 is 1.13 bits per heavy atom. The first-order chi connectivity index (χ1) is 10.8. The number of hydrogen-bond acceptors (Lipinski definition) is 4. The smallest absolute Gasteiger partial charge is 0.408 e. The molecule has 23 heavy (non-hydrogen) atoms. The van der Waals surface area contributed by atoms with Crippen molar-refractivity contribution in [1.82, 2.24) is 4.57 Å². The molecule has 1 aromatic heterocycles. The number of hydrogen-bond donors (Lipinski definition) is 1. The van der Waals surface area contributed by atoms with Gasteiger partial charge in [-0.3, -0.25) is 9.29 Å². The second-order valence-electron chi connectivity index (χ2n) is 5.49. The van der Waals surface area contributed by atoms with E-state index >= 15 is 0 Å². The highest BCUT2D eigenvalue weighted by molar-refractivity contribution is 7.92. The normalized spacial score (nSPS) is 11.8. The molecule has 6 nitrogen and oxygen atoms in total. The molecule has 0 saturated heterocycles. The highest BCUT2D eigenvalue weighted by Gasteiger charge is 2.20. The predicted octanol–water partition coefficient (Wildman–Crippen LogP) is 2.55. The van der Waals surface area contributed by atoms with Crippen LogP contribution >= 0.6 is 0 Å². The van der Waals surface area contributed by atoms with Gasteiger partial charge in [0.2, 0.25) is 0 Å². The lowest BCUT2D eigenvalue weighted by Crippen LogP contribution is -2.14. The Kier molecular flexibility index (Phi) is 3.52. The second-order valence-corrected chi connectivity index (χ2v) is 7.14. The van der Waals surface area contributed by atoms with Crippen molar-refractivity contribution in [2.45, 2.75) is 18.7 Å². The Hall–Kier alpha value is -2.54. The van der Waals surface area contributed by atoms with Gasteiger partial charge in [0.25, 0.3) is 10.0 Å². The van der Waals surface area contributed by atoms with E-state index in [2.05, 4.69) is 4.72 Å². The Labute approximate surface area is 133 Å². The zero-order chi connectivity index (χ0) is 16.8. The van der Waals surface area contributed by atoms with E-state index in [1.165, 1.54) is 10.6 Å². The molecule has 1 heterocycles.